The lowest BCUT2D eigenvalue weighted by molar-refractivity contribution is -0.221. The zero-order chi connectivity index (χ0) is 60.1. The first-order valence-corrected chi connectivity index (χ1v) is 23.4. The number of esters is 3. The molecule has 0 radical (unpaired) electrons. The van der Waals surface area contributed by atoms with Gasteiger partial charge in [0.1, 0.15) is 43.6 Å². The first-order chi connectivity index (χ1) is 38.2. The van der Waals surface area contributed by atoms with Crippen LogP contribution in [0.3, 0.4) is 0 Å². The molecule has 2 atom stereocenters. The predicted molar refractivity (Wildman–Crippen MR) is 269 cm³/mol. The van der Waals surface area contributed by atoms with Crippen molar-refractivity contribution in [1.82, 2.24) is 20.6 Å². The Labute approximate surface area is 463 Å². The largest absolute Gasteiger partial charge is 0.491 e. The normalized spacial score (nSPS) is 12.3. The van der Waals surface area contributed by atoms with Crippen LogP contribution < -0.4 is 20.1 Å². The maximum Gasteiger partial charge on any atom is 0.491 e. The molecule has 0 saturated carbocycles. The smallest absolute Gasteiger partial charge is 0.472 e. The van der Waals surface area contributed by atoms with E-state index in [2.05, 4.69) is 35.6 Å². The first-order valence-electron chi connectivity index (χ1n) is 22.6. The molecule has 18 nitrogen and oxygen atoms in total. The Kier molecular flexibility index (Phi) is 23.9. The highest BCUT2D eigenvalue weighted by atomic mass is 35.5. The topological polar surface area (TPSA) is 236 Å². The van der Waals surface area contributed by atoms with Gasteiger partial charge in [0, 0.05) is 48.7 Å². The van der Waals surface area contributed by atoms with Crippen LogP contribution in [0.5, 0.6) is 11.8 Å². The molecule has 81 heavy (non-hydrogen) atoms. The molecule has 2 aromatic heterocycles. The molecular formula is C52H43Cl2F9N6O12. The molecule has 0 aliphatic carbocycles. The van der Waals surface area contributed by atoms with Crippen LogP contribution in [0.25, 0.3) is 0 Å². The highest BCUT2D eigenvalue weighted by molar-refractivity contribution is 6.46. The quantitative estimate of drug-likeness (QED) is 0.0254. The number of aromatic nitrogens is 2. The van der Waals surface area contributed by atoms with Crippen LogP contribution in [0.1, 0.15) is 56.7 Å². The van der Waals surface area contributed by atoms with Crippen LogP contribution in [-0.2, 0) is 56.3 Å². The lowest BCUT2D eigenvalue weighted by atomic mass is 10.0. The van der Waals surface area contributed by atoms with Gasteiger partial charge in [-0.15, -0.1) is 0 Å². The molecule has 0 saturated heterocycles. The van der Waals surface area contributed by atoms with E-state index in [1.54, 1.807) is 60.7 Å². The maximum absolute atomic E-state index is 12.9. The van der Waals surface area contributed by atoms with Crippen LogP contribution in [0.4, 0.5) is 39.5 Å². The average molecular weight is 1190 g/mol. The third kappa shape index (κ3) is 19.2. The van der Waals surface area contributed by atoms with Gasteiger partial charge in [-0.1, -0.05) is 143 Å². The number of aliphatic hydroxyl groups is 1. The third-order valence-electron chi connectivity index (χ3n) is 10.1. The number of ether oxygens (including phenoxy) is 4. The number of pyridine rings is 2. The molecule has 29 heteroatoms. The van der Waals surface area contributed by atoms with Gasteiger partial charge >= 0.3 is 36.4 Å². The number of amides is 2. The fraction of sp³-hybridized carbons (Fsp3) is 0.212. The average Bonchev–Trinajstić information content (AvgIpc) is 3.47. The number of hydrogen-bond donors (Lipinski definition) is 3. The summed E-state index contributed by atoms with van der Waals surface area (Å²) < 4.78 is 125. The zero-order valence-corrected chi connectivity index (χ0v) is 43.7. The monoisotopic (exact) mass is 1180 g/mol. The van der Waals surface area contributed by atoms with E-state index < -0.39 is 54.6 Å². The van der Waals surface area contributed by atoms with Gasteiger partial charge in [0.15, 0.2) is 17.5 Å². The highest BCUT2D eigenvalue weighted by Crippen LogP contribution is 2.34. The number of carbonyl (C=O) groups excluding carboxylic acids is 5. The second-order valence-corrected chi connectivity index (χ2v) is 16.4. The molecule has 2 unspecified atom stereocenters. The van der Waals surface area contributed by atoms with E-state index in [9.17, 15) is 68.6 Å². The van der Waals surface area contributed by atoms with Crippen molar-refractivity contribution in [2.75, 3.05) is 28.3 Å². The Morgan fingerprint density at radius 1 is 0.543 bits per heavy atom. The molecule has 0 aliphatic rings. The van der Waals surface area contributed by atoms with Gasteiger partial charge in [0.2, 0.25) is 11.8 Å². The van der Waals surface area contributed by atoms with E-state index in [0.29, 0.717) is 33.4 Å². The number of benzene rings is 4. The van der Waals surface area contributed by atoms with Crippen molar-refractivity contribution in [3.8, 4) is 11.8 Å². The Bertz CT molecular complexity index is 3170. The molecule has 6 aromatic rings. The van der Waals surface area contributed by atoms with Gasteiger partial charge in [-0.2, -0.15) is 39.5 Å². The number of nitrogens with zero attached hydrogens (tertiary/aromatic N) is 4. The van der Waals surface area contributed by atoms with E-state index in [4.69, 9.17) is 47.1 Å². The fourth-order valence-electron chi connectivity index (χ4n) is 6.44. The minimum absolute atomic E-state index is 0.0239. The Morgan fingerprint density at radius 2 is 0.914 bits per heavy atom. The number of rotatable bonds is 17. The Balaban J connectivity index is 0.000000289. The minimum Gasteiger partial charge on any atom is -0.472 e. The molecule has 0 spiro atoms. The molecule has 3 N–H and O–H groups in total. The van der Waals surface area contributed by atoms with Crippen LogP contribution in [0.15, 0.2) is 144 Å². The summed E-state index contributed by atoms with van der Waals surface area (Å²) in [4.78, 5) is 73.3. The van der Waals surface area contributed by atoms with E-state index in [1.807, 2.05) is 42.5 Å². The van der Waals surface area contributed by atoms with Gasteiger partial charge in [-0.3, -0.25) is 9.59 Å². The van der Waals surface area contributed by atoms with Crippen molar-refractivity contribution in [3.05, 3.63) is 188 Å². The van der Waals surface area contributed by atoms with Crippen molar-refractivity contribution in [2.24, 2.45) is 10.3 Å². The second-order valence-electron chi connectivity index (χ2n) is 15.6. The van der Waals surface area contributed by atoms with Crippen molar-refractivity contribution in [2.45, 2.75) is 44.0 Å². The van der Waals surface area contributed by atoms with Crippen molar-refractivity contribution in [3.63, 3.8) is 0 Å². The SMILES string of the molecule is CNC(=O)/C(=N/OC)c1ccccc1COc1ncc(C(O)c2ccccc2)cc1Cl.CNC(=O)/C(=N/OC)c1ccccc1COc1ncc(C(OC(=O)C(F)(F)F)c2ccccc2)cc1Cl.O=C(OC(=O)C(F)(F)F)C(F)(F)F. The summed E-state index contributed by atoms with van der Waals surface area (Å²) in [5, 5.41) is 23.4. The summed E-state index contributed by atoms with van der Waals surface area (Å²) in [7, 11) is 5.65. The van der Waals surface area contributed by atoms with Gasteiger partial charge in [0.25, 0.3) is 11.8 Å². The molecule has 0 fully saturated rings. The number of halogens is 11. The Hall–Kier alpha value is -8.82. The summed E-state index contributed by atoms with van der Waals surface area (Å²) in [5.74, 6) is -9.42. The van der Waals surface area contributed by atoms with E-state index >= 15 is 0 Å². The molecule has 430 valence electrons. The molecule has 4 aromatic carbocycles. The first kappa shape index (κ1) is 64.7. The van der Waals surface area contributed by atoms with Crippen LogP contribution >= 0.6 is 23.2 Å². The van der Waals surface area contributed by atoms with E-state index in [-0.39, 0.29) is 57.9 Å². The number of carbonyl (C=O) groups is 5. The standard InChI is InChI=1S/C25H21ClF3N3O5.C23H22ClN3O4.C4F6O3/c1-30-22(33)20(32-35-2)18-11-7-6-10-16(18)14-36-23-19(26)12-17(13-31-23)21(15-8-4-3-5-9-15)37-24(34)25(27,28)29;1-25-22(29)20(27-30-2)18-11-7-6-10-16(18)14-31-23-19(24)12-17(13-26-23)21(28)15-8-4-3-5-9-15;5-3(6,7)1(11)13-2(12)4(8,9)10/h3-13,21H,14H2,1-2H3,(H,30,33);3-13,21,28H,14H2,1-2H3,(H,25,29);/b32-20+;27-20+;. The number of alkyl halides is 9. The van der Waals surface area contributed by atoms with E-state index in [0.717, 1.165) is 5.56 Å². The fourth-order valence-corrected chi connectivity index (χ4v) is 6.89. The summed E-state index contributed by atoms with van der Waals surface area (Å²) >= 11 is 12.7. The number of hydrogen-bond acceptors (Lipinski definition) is 16. The minimum atomic E-state index is -5.62. The molecule has 2 amide bonds. The summed E-state index contributed by atoms with van der Waals surface area (Å²) in [6.07, 6.45) is -16.0. The number of nitrogens with one attached hydrogen (secondary N) is 2. The molecule has 6 rings (SSSR count). The van der Waals surface area contributed by atoms with Gasteiger partial charge in [-0.05, 0) is 34.4 Å². The van der Waals surface area contributed by atoms with Gasteiger partial charge < -0.3 is 44.4 Å². The van der Waals surface area contributed by atoms with Crippen molar-refractivity contribution in [1.29, 1.82) is 0 Å². The molecule has 0 bridgehead atoms. The lowest BCUT2D eigenvalue weighted by Gasteiger charge is -2.20. The second kappa shape index (κ2) is 30.0. The van der Waals surface area contributed by atoms with Crippen molar-refractivity contribution < 1.29 is 97.2 Å². The molecule has 2 heterocycles. The van der Waals surface area contributed by atoms with Crippen LogP contribution in [0, 0.1) is 0 Å². The maximum atomic E-state index is 12.9. The van der Waals surface area contributed by atoms with Gasteiger partial charge in [-0.25, -0.2) is 24.4 Å². The van der Waals surface area contributed by atoms with E-state index in [1.165, 1.54) is 58.9 Å². The number of likely N-dealkylation sites (N-methyl/N-ethyl adjacent to an activating group) is 2. The summed E-state index contributed by atoms with van der Waals surface area (Å²) in [5.41, 5.74) is 4.12. The summed E-state index contributed by atoms with van der Waals surface area (Å²) in [6.45, 7) is 0.0242. The molecule has 0 aliphatic heterocycles. The third-order valence-corrected chi connectivity index (χ3v) is 10.7. The van der Waals surface area contributed by atoms with Crippen LogP contribution in [0.2, 0.25) is 10.0 Å². The van der Waals surface area contributed by atoms with Gasteiger partial charge in [0.05, 0.1) is 0 Å². The number of aliphatic hydroxyl groups excluding tert-OH is 1. The van der Waals surface area contributed by atoms with Crippen molar-refractivity contribution >= 4 is 64.3 Å². The number of oxime groups is 2. The molecular weight excluding hydrogens is 1140 g/mol. The zero-order valence-electron chi connectivity index (χ0n) is 42.2. The Morgan fingerprint density at radius 3 is 1.30 bits per heavy atom. The summed E-state index contributed by atoms with van der Waals surface area (Å²) in [6, 6.07) is 34.0. The lowest BCUT2D eigenvalue weighted by Crippen LogP contribution is -2.34. The van der Waals surface area contributed by atoms with Crippen LogP contribution in [-0.4, -0.2) is 103 Å². The highest BCUT2D eigenvalue weighted by Gasteiger charge is 2.49. The predicted octanol–water partition coefficient (Wildman–Crippen LogP) is 9.28.